The first-order valence-electron chi connectivity index (χ1n) is 5.46. The van der Waals surface area contributed by atoms with Crippen molar-refractivity contribution in [3.05, 3.63) is 35.3 Å². The molecule has 86 valence electrons. The van der Waals surface area contributed by atoms with Gasteiger partial charge in [-0.1, -0.05) is 11.6 Å². The fourth-order valence-electron chi connectivity index (χ4n) is 1.94. The van der Waals surface area contributed by atoms with Gasteiger partial charge < -0.3 is 10.6 Å². The van der Waals surface area contributed by atoms with E-state index in [1.165, 1.54) is 5.57 Å². The van der Waals surface area contributed by atoms with Gasteiger partial charge in [-0.25, -0.2) is 9.37 Å². The number of anilines is 1. The van der Waals surface area contributed by atoms with Gasteiger partial charge in [-0.2, -0.15) is 0 Å². The largest absolute Gasteiger partial charge is 0.350 e. The van der Waals surface area contributed by atoms with Gasteiger partial charge in [0.1, 0.15) is 0 Å². The Kier molecular flexibility index (Phi) is 3.19. The van der Waals surface area contributed by atoms with Gasteiger partial charge in [0.05, 0.1) is 0 Å². The van der Waals surface area contributed by atoms with E-state index in [9.17, 15) is 4.39 Å². The minimum absolute atomic E-state index is 0.212. The Bertz CT molecular complexity index is 415. The van der Waals surface area contributed by atoms with Crippen LogP contribution in [0.4, 0.5) is 10.2 Å². The number of rotatable bonds is 2. The second-order valence-electron chi connectivity index (χ2n) is 4.07. The van der Waals surface area contributed by atoms with Crippen LogP contribution in [0.5, 0.6) is 0 Å². The second kappa shape index (κ2) is 4.61. The van der Waals surface area contributed by atoms with E-state index in [0.29, 0.717) is 11.4 Å². The van der Waals surface area contributed by atoms with Crippen LogP contribution in [0, 0.1) is 5.82 Å². The molecule has 0 saturated carbocycles. The van der Waals surface area contributed by atoms with Gasteiger partial charge in [-0.05, 0) is 19.4 Å². The minimum atomic E-state index is -0.278. The molecule has 0 spiro atoms. The Labute approximate surface area is 94.8 Å². The molecule has 0 atom stereocenters. The number of hydrogen-bond acceptors (Lipinski definition) is 3. The number of halogens is 1. The molecule has 0 aliphatic carbocycles. The normalized spacial score (nSPS) is 16.2. The van der Waals surface area contributed by atoms with Crippen LogP contribution in [0.3, 0.4) is 0 Å². The molecular weight excluding hydrogens is 205 g/mol. The quantitative estimate of drug-likeness (QED) is 0.775. The highest BCUT2D eigenvalue weighted by molar-refractivity contribution is 5.45. The van der Waals surface area contributed by atoms with E-state index in [1.807, 2.05) is 4.90 Å². The van der Waals surface area contributed by atoms with E-state index < -0.39 is 0 Å². The molecule has 2 N–H and O–H groups in total. The predicted octanol–water partition coefficient (Wildman–Crippen LogP) is 1.84. The van der Waals surface area contributed by atoms with Crippen molar-refractivity contribution in [2.45, 2.75) is 19.9 Å². The van der Waals surface area contributed by atoms with Gasteiger partial charge in [0.25, 0.3) is 0 Å². The number of pyridine rings is 1. The molecule has 1 aliphatic rings. The molecule has 4 heteroatoms. The van der Waals surface area contributed by atoms with E-state index in [0.717, 1.165) is 19.5 Å². The maximum atomic E-state index is 14.0. The monoisotopic (exact) mass is 221 g/mol. The Balaban J connectivity index is 2.30. The minimum Gasteiger partial charge on any atom is -0.350 e. The summed E-state index contributed by atoms with van der Waals surface area (Å²) in [6.45, 7) is 3.83. The smallest absolute Gasteiger partial charge is 0.170 e. The lowest BCUT2D eigenvalue weighted by Crippen LogP contribution is -2.31. The molecule has 1 aromatic heterocycles. The lowest BCUT2D eigenvalue weighted by molar-refractivity contribution is 0.593. The molecule has 0 fully saturated rings. The first-order valence-corrected chi connectivity index (χ1v) is 5.46. The summed E-state index contributed by atoms with van der Waals surface area (Å²) in [5.74, 6) is 0.148. The summed E-state index contributed by atoms with van der Waals surface area (Å²) in [7, 11) is 0. The summed E-state index contributed by atoms with van der Waals surface area (Å²) in [6.07, 6.45) is 4.75. The molecule has 0 unspecified atom stereocenters. The summed E-state index contributed by atoms with van der Waals surface area (Å²) < 4.78 is 14.0. The van der Waals surface area contributed by atoms with E-state index in [2.05, 4.69) is 18.0 Å². The van der Waals surface area contributed by atoms with E-state index in [-0.39, 0.29) is 12.4 Å². The van der Waals surface area contributed by atoms with E-state index >= 15 is 0 Å². The van der Waals surface area contributed by atoms with Crippen LogP contribution in [-0.4, -0.2) is 18.1 Å². The van der Waals surface area contributed by atoms with Crippen LogP contribution in [0.1, 0.15) is 18.9 Å². The Morgan fingerprint density at radius 3 is 3.06 bits per heavy atom. The molecule has 1 aliphatic heterocycles. The van der Waals surface area contributed by atoms with Crippen molar-refractivity contribution in [2.75, 3.05) is 18.0 Å². The predicted molar refractivity (Wildman–Crippen MR) is 62.7 cm³/mol. The van der Waals surface area contributed by atoms with Crippen LogP contribution < -0.4 is 10.6 Å². The molecular formula is C12H16FN3. The molecule has 0 aromatic carbocycles. The van der Waals surface area contributed by atoms with Crippen LogP contribution in [0.2, 0.25) is 0 Å². The fourth-order valence-corrected chi connectivity index (χ4v) is 1.94. The summed E-state index contributed by atoms with van der Waals surface area (Å²) in [5.41, 5.74) is 7.26. The Morgan fingerprint density at radius 1 is 1.56 bits per heavy atom. The number of nitrogens with zero attached hydrogens (tertiary/aromatic N) is 2. The zero-order valence-electron chi connectivity index (χ0n) is 9.41. The molecule has 0 bridgehead atoms. The molecule has 2 heterocycles. The van der Waals surface area contributed by atoms with E-state index in [1.54, 1.807) is 12.3 Å². The van der Waals surface area contributed by atoms with Crippen molar-refractivity contribution in [3.8, 4) is 0 Å². The third-order valence-electron chi connectivity index (χ3n) is 2.80. The molecule has 1 aromatic rings. The lowest BCUT2D eigenvalue weighted by Gasteiger charge is -2.27. The standard InChI is InChI=1S/C12H16FN3/c1-9-3-2-6-16(8-9)12-11(13)10(7-14)4-5-15-12/h3-5H,2,6-8,14H2,1H3. The number of aromatic nitrogens is 1. The summed E-state index contributed by atoms with van der Waals surface area (Å²) in [5, 5.41) is 0. The maximum absolute atomic E-state index is 14.0. The Hall–Kier alpha value is -1.42. The molecule has 3 nitrogen and oxygen atoms in total. The van der Waals surface area contributed by atoms with Crippen molar-refractivity contribution in [3.63, 3.8) is 0 Å². The van der Waals surface area contributed by atoms with Crippen molar-refractivity contribution in [2.24, 2.45) is 5.73 Å². The maximum Gasteiger partial charge on any atom is 0.170 e. The SMILES string of the molecule is CC1=CCCN(c2nccc(CN)c2F)C1. The number of nitrogens with two attached hydrogens (primary N) is 1. The van der Waals surface area contributed by atoms with Gasteiger partial charge >= 0.3 is 0 Å². The highest BCUT2D eigenvalue weighted by atomic mass is 19.1. The first kappa shape index (κ1) is 11.1. The highest BCUT2D eigenvalue weighted by Gasteiger charge is 2.17. The zero-order valence-corrected chi connectivity index (χ0v) is 9.41. The van der Waals surface area contributed by atoms with E-state index in [4.69, 9.17) is 5.73 Å². The summed E-state index contributed by atoms with van der Waals surface area (Å²) in [6, 6.07) is 1.63. The van der Waals surface area contributed by atoms with Crippen LogP contribution >= 0.6 is 0 Å². The number of hydrogen-bond donors (Lipinski definition) is 1. The highest BCUT2D eigenvalue weighted by Crippen LogP contribution is 2.22. The van der Waals surface area contributed by atoms with Crippen molar-refractivity contribution in [1.29, 1.82) is 0 Å². The van der Waals surface area contributed by atoms with Crippen LogP contribution in [-0.2, 0) is 6.54 Å². The summed E-state index contributed by atoms with van der Waals surface area (Å²) >= 11 is 0. The second-order valence-corrected chi connectivity index (χ2v) is 4.07. The van der Waals surface area contributed by atoms with Gasteiger partial charge in [0.15, 0.2) is 11.6 Å². The molecule has 0 radical (unpaired) electrons. The third-order valence-corrected chi connectivity index (χ3v) is 2.80. The van der Waals surface area contributed by atoms with Gasteiger partial charge in [0.2, 0.25) is 0 Å². The first-order chi connectivity index (χ1) is 7.72. The third kappa shape index (κ3) is 2.07. The van der Waals surface area contributed by atoms with Crippen molar-refractivity contribution in [1.82, 2.24) is 4.98 Å². The van der Waals surface area contributed by atoms with Gasteiger partial charge in [0, 0.05) is 31.4 Å². The lowest BCUT2D eigenvalue weighted by atomic mass is 10.1. The molecule has 0 saturated heterocycles. The van der Waals surface area contributed by atoms with Crippen LogP contribution in [0.25, 0.3) is 0 Å². The topological polar surface area (TPSA) is 42.2 Å². The zero-order chi connectivity index (χ0) is 11.5. The molecule has 2 rings (SSSR count). The van der Waals surface area contributed by atoms with Gasteiger partial charge in [-0.15, -0.1) is 0 Å². The average molecular weight is 221 g/mol. The molecule has 16 heavy (non-hydrogen) atoms. The van der Waals surface area contributed by atoms with Crippen molar-refractivity contribution < 1.29 is 4.39 Å². The van der Waals surface area contributed by atoms with Gasteiger partial charge in [-0.3, -0.25) is 0 Å². The van der Waals surface area contributed by atoms with Crippen LogP contribution in [0.15, 0.2) is 23.9 Å². The molecule has 0 amide bonds. The average Bonchev–Trinajstić information content (AvgIpc) is 2.29. The fraction of sp³-hybridized carbons (Fsp3) is 0.417. The van der Waals surface area contributed by atoms with Crippen molar-refractivity contribution >= 4 is 5.82 Å². The summed E-state index contributed by atoms with van der Waals surface area (Å²) in [4.78, 5) is 6.08. The Morgan fingerprint density at radius 2 is 2.38 bits per heavy atom.